The van der Waals surface area contributed by atoms with Crippen LogP contribution < -0.4 is 0 Å². The SMILES string of the molecule is O=C(c1ccc(F)cc1)C(O)c1cccnc1. The number of pyridine rings is 1. The summed E-state index contributed by atoms with van der Waals surface area (Å²) < 4.78 is 12.7. The Kier molecular flexibility index (Phi) is 3.25. The summed E-state index contributed by atoms with van der Waals surface area (Å²) in [5.41, 5.74) is 0.685. The van der Waals surface area contributed by atoms with E-state index in [9.17, 15) is 14.3 Å². The van der Waals surface area contributed by atoms with Crippen molar-refractivity contribution in [1.82, 2.24) is 4.98 Å². The van der Waals surface area contributed by atoms with E-state index in [-0.39, 0.29) is 5.56 Å². The van der Waals surface area contributed by atoms with Crippen LogP contribution in [0.1, 0.15) is 22.0 Å². The van der Waals surface area contributed by atoms with Gasteiger partial charge in [0.1, 0.15) is 11.9 Å². The van der Waals surface area contributed by atoms with Crippen LogP contribution in [0.15, 0.2) is 48.8 Å². The molecule has 0 saturated heterocycles. The number of hydrogen-bond acceptors (Lipinski definition) is 3. The van der Waals surface area contributed by atoms with Gasteiger partial charge >= 0.3 is 0 Å². The average Bonchev–Trinajstić information content (AvgIpc) is 2.39. The van der Waals surface area contributed by atoms with Gasteiger partial charge in [0.05, 0.1) is 0 Å². The van der Waals surface area contributed by atoms with Crippen molar-refractivity contribution >= 4 is 5.78 Å². The molecule has 1 heterocycles. The molecular formula is C13H10FNO2. The second kappa shape index (κ2) is 4.84. The van der Waals surface area contributed by atoms with E-state index in [2.05, 4.69) is 4.98 Å². The molecule has 1 aromatic heterocycles. The normalized spacial score (nSPS) is 12.1. The minimum Gasteiger partial charge on any atom is -0.380 e. The van der Waals surface area contributed by atoms with E-state index in [1.165, 1.54) is 30.5 Å². The minimum absolute atomic E-state index is 0.266. The Morgan fingerprint density at radius 1 is 1.24 bits per heavy atom. The van der Waals surface area contributed by atoms with Crippen LogP contribution in [-0.2, 0) is 0 Å². The first-order valence-electron chi connectivity index (χ1n) is 5.06. The summed E-state index contributed by atoms with van der Waals surface area (Å²) in [5, 5.41) is 9.83. The van der Waals surface area contributed by atoms with Crippen LogP contribution in [0.25, 0.3) is 0 Å². The van der Waals surface area contributed by atoms with Crippen LogP contribution in [0.3, 0.4) is 0 Å². The Hall–Kier alpha value is -2.07. The molecule has 86 valence electrons. The zero-order valence-electron chi connectivity index (χ0n) is 8.88. The maximum Gasteiger partial charge on any atom is 0.195 e. The molecule has 0 spiro atoms. The third-order valence-electron chi connectivity index (χ3n) is 2.38. The predicted octanol–water partition coefficient (Wildman–Crippen LogP) is 2.14. The van der Waals surface area contributed by atoms with Crippen molar-refractivity contribution in [2.24, 2.45) is 0 Å². The highest BCUT2D eigenvalue weighted by Crippen LogP contribution is 2.17. The van der Waals surface area contributed by atoms with E-state index in [4.69, 9.17) is 0 Å². The second-order valence-electron chi connectivity index (χ2n) is 3.56. The number of hydrogen-bond donors (Lipinski definition) is 1. The molecule has 4 heteroatoms. The highest BCUT2D eigenvalue weighted by Gasteiger charge is 2.18. The lowest BCUT2D eigenvalue weighted by Crippen LogP contribution is -2.12. The summed E-state index contributed by atoms with van der Waals surface area (Å²) in [6.07, 6.45) is 1.71. The highest BCUT2D eigenvalue weighted by molar-refractivity contribution is 5.99. The van der Waals surface area contributed by atoms with Gasteiger partial charge in [-0.25, -0.2) is 4.39 Å². The molecule has 17 heavy (non-hydrogen) atoms. The maximum absolute atomic E-state index is 12.7. The Balaban J connectivity index is 2.23. The molecule has 0 bridgehead atoms. The monoisotopic (exact) mass is 231 g/mol. The summed E-state index contributed by atoms with van der Waals surface area (Å²) in [5.74, 6) is -0.893. The molecule has 0 aliphatic carbocycles. The van der Waals surface area contributed by atoms with Crippen molar-refractivity contribution in [3.63, 3.8) is 0 Å². The number of benzene rings is 1. The van der Waals surface area contributed by atoms with E-state index in [1.807, 2.05) is 0 Å². The number of ketones is 1. The quantitative estimate of drug-likeness (QED) is 0.823. The number of aliphatic hydroxyl groups excluding tert-OH is 1. The van der Waals surface area contributed by atoms with Gasteiger partial charge in [-0.2, -0.15) is 0 Å². The molecule has 2 rings (SSSR count). The van der Waals surface area contributed by atoms with E-state index in [1.54, 1.807) is 18.3 Å². The first-order valence-corrected chi connectivity index (χ1v) is 5.06. The van der Waals surface area contributed by atoms with E-state index in [0.29, 0.717) is 5.56 Å². The van der Waals surface area contributed by atoms with Crippen molar-refractivity contribution in [2.45, 2.75) is 6.10 Å². The van der Waals surface area contributed by atoms with Crippen molar-refractivity contribution in [3.05, 3.63) is 65.7 Å². The molecule has 1 unspecified atom stereocenters. The van der Waals surface area contributed by atoms with E-state index >= 15 is 0 Å². The molecule has 3 nitrogen and oxygen atoms in total. The van der Waals surface area contributed by atoms with Crippen molar-refractivity contribution in [1.29, 1.82) is 0 Å². The van der Waals surface area contributed by atoms with Crippen LogP contribution in [-0.4, -0.2) is 15.9 Å². The van der Waals surface area contributed by atoms with Gasteiger partial charge in [0.15, 0.2) is 5.78 Å². The number of halogens is 1. The summed E-state index contributed by atoms with van der Waals surface area (Å²) >= 11 is 0. The maximum atomic E-state index is 12.7. The van der Waals surface area contributed by atoms with Crippen molar-refractivity contribution in [2.75, 3.05) is 0 Å². The van der Waals surface area contributed by atoms with Gasteiger partial charge < -0.3 is 5.11 Å². The van der Waals surface area contributed by atoms with Crippen LogP contribution >= 0.6 is 0 Å². The van der Waals surface area contributed by atoms with Gasteiger partial charge in [0.2, 0.25) is 0 Å². The van der Waals surface area contributed by atoms with Crippen LogP contribution in [0.4, 0.5) is 4.39 Å². The lowest BCUT2D eigenvalue weighted by Gasteiger charge is -2.09. The number of aliphatic hydroxyl groups is 1. The fourth-order valence-corrected chi connectivity index (χ4v) is 1.46. The average molecular weight is 231 g/mol. The van der Waals surface area contributed by atoms with Gasteiger partial charge in [-0.05, 0) is 30.3 Å². The first-order chi connectivity index (χ1) is 8.18. The first kappa shape index (κ1) is 11.4. The van der Waals surface area contributed by atoms with Gasteiger partial charge in [-0.1, -0.05) is 6.07 Å². The molecule has 0 amide bonds. The summed E-state index contributed by atoms with van der Waals surface area (Å²) in [6.45, 7) is 0. The number of aromatic nitrogens is 1. The molecule has 0 radical (unpaired) electrons. The fraction of sp³-hybridized carbons (Fsp3) is 0.0769. The minimum atomic E-state index is -1.27. The summed E-state index contributed by atoms with van der Waals surface area (Å²) in [6, 6.07) is 8.30. The third kappa shape index (κ3) is 2.54. The van der Waals surface area contributed by atoms with E-state index < -0.39 is 17.7 Å². The summed E-state index contributed by atoms with van der Waals surface area (Å²) in [7, 11) is 0. The molecule has 0 fully saturated rings. The van der Waals surface area contributed by atoms with Gasteiger partial charge in [0, 0.05) is 23.5 Å². The van der Waals surface area contributed by atoms with Crippen LogP contribution in [0, 0.1) is 5.82 Å². The number of Topliss-reactive ketones (excluding diaryl/α,β-unsaturated/α-hetero) is 1. The topological polar surface area (TPSA) is 50.2 Å². The Bertz CT molecular complexity index is 511. The van der Waals surface area contributed by atoms with Gasteiger partial charge in [0.25, 0.3) is 0 Å². The zero-order chi connectivity index (χ0) is 12.3. The summed E-state index contributed by atoms with van der Waals surface area (Å²) in [4.78, 5) is 15.7. The molecule has 0 aliphatic heterocycles. The standard InChI is InChI=1S/C13H10FNO2/c14-11-5-3-9(4-6-11)12(16)13(17)10-2-1-7-15-8-10/h1-8,13,17H. The second-order valence-corrected chi connectivity index (χ2v) is 3.56. The largest absolute Gasteiger partial charge is 0.380 e. The van der Waals surface area contributed by atoms with E-state index in [0.717, 1.165) is 0 Å². The van der Waals surface area contributed by atoms with Crippen LogP contribution in [0.5, 0.6) is 0 Å². The molecule has 1 N–H and O–H groups in total. The van der Waals surface area contributed by atoms with Gasteiger partial charge in [-0.15, -0.1) is 0 Å². The number of carbonyl (C=O) groups is 1. The highest BCUT2D eigenvalue weighted by atomic mass is 19.1. The number of rotatable bonds is 3. The zero-order valence-corrected chi connectivity index (χ0v) is 8.88. The molecule has 1 aromatic carbocycles. The Morgan fingerprint density at radius 3 is 2.53 bits per heavy atom. The third-order valence-corrected chi connectivity index (χ3v) is 2.38. The fourth-order valence-electron chi connectivity index (χ4n) is 1.46. The molecule has 0 aliphatic rings. The molecule has 1 atom stereocenters. The van der Waals surface area contributed by atoms with Crippen molar-refractivity contribution < 1.29 is 14.3 Å². The number of nitrogens with zero attached hydrogens (tertiary/aromatic N) is 1. The Labute approximate surface area is 97.6 Å². The smallest absolute Gasteiger partial charge is 0.195 e. The van der Waals surface area contributed by atoms with Gasteiger partial charge in [-0.3, -0.25) is 9.78 Å². The molecular weight excluding hydrogens is 221 g/mol. The van der Waals surface area contributed by atoms with Crippen molar-refractivity contribution in [3.8, 4) is 0 Å². The Morgan fingerprint density at radius 2 is 1.94 bits per heavy atom. The molecule has 0 saturated carbocycles. The lowest BCUT2D eigenvalue weighted by atomic mass is 10.0. The molecule has 2 aromatic rings. The number of carbonyl (C=O) groups excluding carboxylic acids is 1. The van der Waals surface area contributed by atoms with Crippen LogP contribution in [0.2, 0.25) is 0 Å². The lowest BCUT2D eigenvalue weighted by molar-refractivity contribution is 0.0747. The predicted molar refractivity (Wildman–Crippen MR) is 59.9 cm³/mol.